The van der Waals surface area contributed by atoms with Crippen LogP contribution in [0.5, 0.6) is 23.0 Å². The maximum absolute atomic E-state index is 14.5. The predicted octanol–water partition coefficient (Wildman–Crippen LogP) is 7.77. The first-order chi connectivity index (χ1) is 16.4. The molecule has 0 aliphatic carbocycles. The second kappa shape index (κ2) is 8.95. The Morgan fingerprint density at radius 3 is 1.28 bits per heavy atom. The fourth-order valence-corrected chi connectivity index (χ4v) is 3.11. The second-order valence-corrected chi connectivity index (χ2v) is 7.01. The molecule has 15 heteroatoms. The normalized spacial score (nSPS) is 12.5. The standard InChI is InChI=1S/C21H11F11N2O2/c22-17-13(36-11-6-2-4-9(34)15(11)20(27,28)29)7-12(16(18(17)23)21(30,31)32)35-10-5-1-3-8(33)14(10)19(24,25)26/h1-7H,33-34H2. The maximum Gasteiger partial charge on any atom is 0.422 e. The van der Waals surface area contributed by atoms with Gasteiger partial charge >= 0.3 is 18.5 Å². The molecule has 4 N–H and O–H groups in total. The first-order valence-corrected chi connectivity index (χ1v) is 9.29. The zero-order valence-corrected chi connectivity index (χ0v) is 17.2. The molecule has 0 fully saturated rings. The number of anilines is 2. The highest BCUT2D eigenvalue weighted by Crippen LogP contribution is 2.48. The Kier molecular flexibility index (Phi) is 6.63. The van der Waals surface area contributed by atoms with Crippen molar-refractivity contribution in [3.8, 4) is 23.0 Å². The SMILES string of the molecule is Nc1cccc(Oc2cc(Oc3cccc(N)c3C(F)(F)F)c(C(F)(F)F)c(F)c2F)c1C(F)(F)F. The van der Waals surface area contributed by atoms with Crippen molar-refractivity contribution in [2.24, 2.45) is 0 Å². The van der Waals surface area contributed by atoms with Gasteiger partial charge in [-0.2, -0.15) is 43.9 Å². The van der Waals surface area contributed by atoms with Crippen molar-refractivity contribution in [2.45, 2.75) is 18.5 Å². The van der Waals surface area contributed by atoms with Crippen LogP contribution in [0, 0.1) is 11.6 Å². The molecule has 0 aromatic heterocycles. The summed E-state index contributed by atoms with van der Waals surface area (Å²) in [6, 6.07) is 4.42. The molecule has 0 amide bonds. The summed E-state index contributed by atoms with van der Waals surface area (Å²) in [4.78, 5) is 0. The molecule has 0 unspecified atom stereocenters. The van der Waals surface area contributed by atoms with Gasteiger partial charge in [-0.25, -0.2) is 4.39 Å². The van der Waals surface area contributed by atoms with Gasteiger partial charge in [-0.15, -0.1) is 0 Å². The molecule has 0 radical (unpaired) electrons. The highest BCUT2D eigenvalue weighted by Gasteiger charge is 2.43. The summed E-state index contributed by atoms with van der Waals surface area (Å²) in [5, 5.41) is 0. The molecule has 0 heterocycles. The zero-order chi connectivity index (χ0) is 27.2. The van der Waals surface area contributed by atoms with Gasteiger partial charge in [0.2, 0.25) is 5.82 Å². The number of benzene rings is 3. The number of rotatable bonds is 4. The minimum Gasteiger partial charge on any atom is -0.456 e. The van der Waals surface area contributed by atoms with E-state index in [0.717, 1.165) is 24.3 Å². The summed E-state index contributed by atoms with van der Waals surface area (Å²) < 4.78 is 159. The lowest BCUT2D eigenvalue weighted by molar-refractivity contribution is -0.141. The van der Waals surface area contributed by atoms with Crippen molar-refractivity contribution in [1.29, 1.82) is 0 Å². The Labute approximate surface area is 193 Å². The largest absolute Gasteiger partial charge is 0.456 e. The number of hydrogen-bond donors (Lipinski definition) is 2. The fraction of sp³-hybridized carbons (Fsp3) is 0.143. The molecule has 0 bridgehead atoms. The van der Waals surface area contributed by atoms with E-state index >= 15 is 0 Å². The van der Waals surface area contributed by atoms with Gasteiger partial charge in [-0.3, -0.25) is 0 Å². The first kappa shape index (κ1) is 26.7. The molecule has 4 nitrogen and oxygen atoms in total. The van der Waals surface area contributed by atoms with Gasteiger partial charge in [0.25, 0.3) is 0 Å². The van der Waals surface area contributed by atoms with E-state index in [-0.39, 0.29) is 6.07 Å². The van der Waals surface area contributed by atoms with Crippen LogP contribution in [-0.2, 0) is 18.5 Å². The lowest BCUT2D eigenvalue weighted by Gasteiger charge is -2.21. The molecule has 0 saturated heterocycles. The van der Waals surface area contributed by atoms with Crippen LogP contribution < -0.4 is 20.9 Å². The summed E-state index contributed by atoms with van der Waals surface area (Å²) in [5.74, 6) is -11.0. The number of nitrogen functional groups attached to an aromatic ring is 2. The molecule has 0 spiro atoms. The zero-order valence-electron chi connectivity index (χ0n) is 17.2. The summed E-state index contributed by atoms with van der Waals surface area (Å²) >= 11 is 0. The average Bonchev–Trinajstić information content (AvgIpc) is 2.69. The van der Waals surface area contributed by atoms with E-state index in [0.29, 0.717) is 12.1 Å². The van der Waals surface area contributed by atoms with Crippen LogP contribution in [0.4, 0.5) is 59.7 Å². The monoisotopic (exact) mass is 532 g/mol. The smallest absolute Gasteiger partial charge is 0.422 e. The predicted molar refractivity (Wildman–Crippen MR) is 103 cm³/mol. The molecular formula is C21H11F11N2O2. The Balaban J connectivity index is 2.24. The number of ether oxygens (including phenoxy) is 2. The van der Waals surface area contributed by atoms with Crippen molar-refractivity contribution in [1.82, 2.24) is 0 Å². The highest BCUT2D eigenvalue weighted by atomic mass is 19.4. The van der Waals surface area contributed by atoms with Gasteiger partial charge in [0.1, 0.15) is 33.9 Å². The van der Waals surface area contributed by atoms with Crippen LogP contribution in [0.1, 0.15) is 16.7 Å². The molecule has 3 aromatic carbocycles. The highest BCUT2D eigenvalue weighted by molar-refractivity contribution is 5.59. The Morgan fingerprint density at radius 1 is 0.500 bits per heavy atom. The van der Waals surface area contributed by atoms with Gasteiger partial charge in [0.05, 0.1) is 0 Å². The van der Waals surface area contributed by atoms with E-state index in [4.69, 9.17) is 11.5 Å². The molecular weight excluding hydrogens is 521 g/mol. The molecule has 194 valence electrons. The molecule has 36 heavy (non-hydrogen) atoms. The van der Waals surface area contributed by atoms with Crippen molar-refractivity contribution < 1.29 is 57.8 Å². The molecule has 3 rings (SSSR count). The molecule has 0 saturated carbocycles. The van der Waals surface area contributed by atoms with Gasteiger partial charge in [-0.05, 0) is 24.3 Å². The molecule has 3 aromatic rings. The van der Waals surface area contributed by atoms with Crippen molar-refractivity contribution in [2.75, 3.05) is 11.5 Å². The molecule has 0 aliphatic heterocycles. The third-order valence-electron chi connectivity index (χ3n) is 4.54. The van der Waals surface area contributed by atoms with Gasteiger partial charge in [-0.1, -0.05) is 12.1 Å². The van der Waals surface area contributed by atoms with E-state index in [1.807, 2.05) is 0 Å². The van der Waals surface area contributed by atoms with Gasteiger partial charge in [0.15, 0.2) is 11.6 Å². The summed E-state index contributed by atoms with van der Waals surface area (Å²) in [6.45, 7) is 0. The van der Waals surface area contributed by atoms with Crippen LogP contribution >= 0.6 is 0 Å². The lowest BCUT2D eigenvalue weighted by atomic mass is 10.1. The third-order valence-corrected chi connectivity index (χ3v) is 4.54. The van der Waals surface area contributed by atoms with E-state index < -0.39 is 81.2 Å². The summed E-state index contributed by atoms with van der Waals surface area (Å²) in [6.07, 6.45) is -16.2. The molecule has 0 atom stereocenters. The maximum atomic E-state index is 14.5. The lowest BCUT2D eigenvalue weighted by Crippen LogP contribution is -2.15. The van der Waals surface area contributed by atoms with Crippen molar-refractivity contribution in [3.05, 3.63) is 70.8 Å². The summed E-state index contributed by atoms with van der Waals surface area (Å²) in [5.41, 5.74) is 2.73. The Bertz CT molecular complexity index is 1300. The Morgan fingerprint density at radius 2 is 0.889 bits per heavy atom. The number of nitrogens with two attached hydrogens (primary N) is 2. The van der Waals surface area contributed by atoms with Crippen LogP contribution in [-0.4, -0.2) is 0 Å². The topological polar surface area (TPSA) is 70.5 Å². The van der Waals surface area contributed by atoms with Gasteiger partial charge in [0, 0.05) is 17.4 Å². The van der Waals surface area contributed by atoms with E-state index in [9.17, 15) is 48.3 Å². The van der Waals surface area contributed by atoms with Crippen LogP contribution in [0.3, 0.4) is 0 Å². The van der Waals surface area contributed by atoms with E-state index in [2.05, 4.69) is 9.47 Å². The van der Waals surface area contributed by atoms with Gasteiger partial charge < -0.3 is 20.9 Å². The third kappa shape index (κ3) is 5.18. The van der Waals surface area contributed by atoms with Crippen LogP contribution in [0.15, 0.2) is 42.5 Å². The van der Waals surface area contributed by atoms with E-state index in [1.54, 1.807) is 0 Å². The number of alkyl halides is 9. The second-order valence-electron chi connectivity index (χ2n) is 7.01. The summed E-state index contributed by atoms with van der Waals surface area (Å²) in [7, 11) is 0. The quantitative estimate of drug-likeness (QED) is 0.266. The van der Waals surface area contributed by atoms with Crippen molar-refractivity contribution in [3.63, 3.8) is 0 Å². The fourth-order valence-electron chi connectivity index (χ4n) is 3.11. The van der Waals surface area contributed by atoms with Crippen LogP contribution in [0.2, 0.25) is 0 Å². The van der Waals surface area contributed by atoms with Crippen molar-refractivity contribution >= 4 is 11.4 Å². The van der Waals surface area contributed by atoms with E-state index in [1.165, 1.54) is 0 Å². The minimum absolute atomic E-state index is 0.0477. The average molecular weight is 532 g/mol. The minimum atomic E-state index is -5.72. The number of halogens is 11. The first-order valence-electron chi connectivity index (χ1n) is 9.29. The van der Waals surface area contributed by atoms with Crippen LogP contribution in [0.25, 0.3) is 0 Å². The number of hydrogen-bond acceptors (Lipinski definition) is 4. The molecule has 0 aliphatic rings. The Hall–Kier alpha value is -3.91.